The van der Waals surface area contributed by atoms with Crippen LogP contribution in [0.2, 0.25) is 0 Å². The zero-order valence-corrected chi connectivity index (χ0v) is 25.1. The summed E-state index contributed by atoms with van der Waals surface area (Å²) < 4.78 is 2.31. The van der Waals surface area contributed by atoms with Crippen molar-refractivity contribution in [3.63, 3.8) is 0 Å². The number of fused-ring (bicyclic) bond motifs is 3. The number of hydrogen-bond donors (Lipinski definition) is 0. The van der Waals surface area contributed by atoms with E-state index in [0.29, 0.717) is 0 Å². The van der Waals surface area contributed by atoms with Gasteiger partial charge in [-0.05, 0) is 75.7 Å². The molecule has 5 aromatic carbocycles. The lowest BCUT2D eigenvalue weighted by Crippen LogP contribution is -2.23. The highest BCUT2D eigenvalue weighted by Gasteiger charge is 2.35. The molecule has 0 fully saturated rings. The molecule has 0 radical (unpaired) electrons. The largest absolute Gasteiger partial charge is 0.296 e. The number of aryl methyl sites for hydroxylation is 2. The van der Waals surface area contributed by atoms with E-state index >= 15 is 0 Å². The Hall–Kier alpha value is -5.21. The molecule has 2 atom stereocenters. The SMILES string of the molecule is CCc1nc2ccccc2n1-c1ccc(C2c3ccc(C)cc3C(c3ccc(-c4ccccc4)cc3)=C3C=CC=CC32)cc1. The van der Waals surface area contributed by atoms with E-state index < -0.39 is 0 Å². The molecule has 2 heteroatoms. The molecule has 2 nitrogen and oxygen atoms in total. The fourth-order valence-electron chi connectivity index (χ4n) is 7.21. The lowest BCUT2D eigenvalue weighted by Gasteiger charge is -2.37. The second-order valence-corrected chi connectivity index (χ2v) is 11.9. The minimum absolute atomic E-state index is 0.230. The van der Waals surface area contributed by atoms with Crippen molar-refractivity contribution >= 4 is 16.6 Å². The van der Waals surface area contributed by atoms with E-state index in [-0.39, 0.29) is 11.8 Å². The summed E-state index contributed by atoms with van der Waals surface area (Å²) in [6.45, 7) is 4.38. The molecule has 212 valence electrons. The van der Waals surface area contributed by atoms with Crippen LogP contribution in [0.4, 0.5) is 0 Å². The van der Waals surface area contributed by atoms with Crippen LogP contribution >= 0.6 is 0 Å². The van der Waals surface area contributed by atoms with Gasteiger partial charge in [-0.15, -0.1) is 0 Å². The Morgan fingerprint density at radius 3 is 2.23 bits per heavy atom. The molecule has 0 amide bonds. The van der Waals surface area contributed by atoms with Crippen molar-refractivity contribution in [1.82, 2.24) is 9.55 Å². The van der Waals surface area contributed by atoms with Gasteiger partial charge in [-0.2, -0.15) is 0 Å². The number of para-hydroxylation sites is 2. The lowest BCUT2D eigenvalue weighted by atomic mass is 9.66. The Labute approximate surface area is 259 Å². The van der Waals surface area contributed by atoms with Crippen molar-refractivity contribution in [2.45, 2.75) is 26.2 Å². The molecule has 0 bridgehead atoms. The van der Waals surface area contributed by atoms with E-state index in [9.17, 15) is 0 Å². The topological polar surface area (TPSA) is 17.8 Å². The molecule has 44 heavy (non-hydrogen) atoms. The average molecular weight is 567 g/mol. The number of allylic oxidation sites excluding steroid dienone is 5. The van der Waals surface area contributed by atoms with Crippen LogP contribution in [-0.2, 0) is 6.42 Å². The van der Waals surface area contributed by atoms with Gasteiger partial charge in [-0.3, -0.25) is 4.57 Å². The molecule has 1 heterocycles. The van der Waals surface area contributed by atoms with Gasteiger partial charge in [0.25, 0.3) is 0 Å². The summed E-state index contributed by atoms with van der Waals surface area (Å²) >= 11 is 0. The standard InChI is InChI=1S/C42H34N2/c1-3-40-43-38-15-9-10-16-39(38)44(40)33-24-22-32(23-25-33)41-34-13-7-8-14-35(34)42(37-27-28(2)17-26-36(37)41)31-20-18-30(19-21-31)29-11-5-4-6-12-29/h4-27,34,41H,3H2,1-2H3. The van der Waals surface area contributed by atoms with E-state index in [1.165, 1.54) is 50.1 Å². The van der Waals surface area contributed by atoms with Crippen LogP contribution in [0.25, 0.3) is 33.4 Å². The van der Waals surface area contributed by atoms with Crippen molar-refractivity contribution in [1.29, 1.82) is 0 Å². The maximum atomic E-state index is 4.91. The van der Waals surface area contributed by atoms with E-state index in [1.807, 2.05) is 0 Å². The third-order valence-corrected chi connectivity index (χ3v) is 9.26. The van der Waals surface area contributed by atoms with Gasteiger partial charge in [0.1, 0.15) is 5.82 Å². The highest BCUT2D eigenvalue weighted by Crippen LogP contribution is 2.50. The second-order valence-electron chi connectivity index (χ2n) is 11.9. The number of aromatic nitrogens is 2. The molecule has 0 N–H and O–H groups in total. The first-order valence-corrected chi connectivity index (χ1v) is 15.6. The number of rotatable bonds is 5. The van der Waals surface area contributed by atoms with Gasteiger partial charge in [0, 0.05) is 23.9 Å². The first-order chi connectivity index (χ1) is 21.7. The normalized spacial score (nSPS) is 17.1. The summed E-state index contributed by atoms with van der Waals surface area (Å²) in [6, 6.07) is 44.4. The fraction of sp³-hybridized carbons (Fsp3) is 0.119. The van der Waals surface area contributed by atoms with Crippen molar-refractivity contribution in [3.8, 4) is 16.8 Å². The van der Waals surface area contributed by atoms with Gasteiger partial charge in [-0.1, -0.05) is 134 Å². The predicted molar refractivity (Wildman–Crippen MR) is 183 cm³/mol. The van der Waals surface area contributed by atoms with E-state index in [0.717, 1.165) is 29.0 Å². The molecule has 8 rings (SSSR count). The summed E-state index contributed by atoms with van der Waals surface area (Å²) in [5, 5.41) is 0. The van der Waals surface area contributed by atoms with Crippen LogP contribution in [0.5, 0.6) is 0 Å². The van der Waals surface area contributed by atoms with E-state index in [4.69, 9.17) is 4.98 Å². The summed E-state index contributed by atoms with van der Waals surface area (Å²) in [5.41, 5.74) is 15.2. The van der Waals surface area contributed by atoms with Crippen LogP contribution in [0.3, 0.4) is 0 Å². The number of nitrogens with zero attached hydrogens (tertiary/aromatic N) is 2. The summed E-state index contributed by atoms with van der Waals surface area (Å²) in [4.78, 5) is 4.91. The van der Waals surface area contributed by atoms with Crippen LogP contribution in [0, 0.1) is 12.8 Å². The smallest absolute Gasteiger partial charge is 0.114 e. The lowest BCUT2D eigenvalue weighted by molar-refractivity contribution is 0.648. The molecule has 0 aliphatic heterocycles. The summed E-state index contributed by atoms with van der Waals surface area (Å²) in [5.74, 6) is 1.57. The maximum absolute atomic E-state index is 4.91. The quantitative estimate of drug-likeness (QED) is 0.203. The molecule has 0 saturated carbocycles. The van der Waals surface area contributed by atoms with Gasteiger partial charge in [0.15, 0.2) is 0 Å². The molecule has 1 aromatic heterocycles. The highest BCUT2D eigenvalue weighted by atomic mass is 15.1. The third kappa shape index (κ3) is 4.37. The van der Waals surface area contributed by atoms with Crippen molar-refractivity contribution in [2.75, 3.05) is 0 Å². The van der Waals surface area contributed by atoms with Gasteiger partial charge in [-0.25, -0.2) is 4.98 Å². The van der Waals surface area contributed by atoms with Crippen molar-refractivity contribution in [2.24, 2.45) is 5.92 Å². The first-order valence-electron chi connectivity index (χ1n) is 15.6. The van der Waals surface area contributed by atoms with Crippen molar-refractivity contribution < 1.29 is 0 Å². The minimum Gasteiger partial charge on any atom is -0.296 e. The third-order valence-electron chi connectivity index (χ3n) is 9.26. The van der Waals surface area contributed by atoms with Gasteiger partial charge in [0.2, 0.25) is 0 Å². The fourth-order valence-corrected chi connectivity index (χ4v) is 7.21. The summed E-state index contributed by atoms with van der Waals surface area (Å²) in [7, 11) is 0. The van der Waals surface area contributed by atoms with Crippen LogP contribution < -0.4 is 0 Å². The molecular weight excluding hydrogens is 532 g/mol. The molecule has 0 spiro atoms. The van der Waals surface area contributed by atoms with Gasteiger partial charge in [0.05, 0.1) is 11.0 Å². The molecule has 2 unspecified atom stereocenters. The molecule has 0 saturated heterocycles. The molecule has 2 aliphatic carbocycles. The number of imidazole rings is 1. The Balaban J connectivity index is 1.24. The van der Waals surface area contributed by atoms with Crippen LogP contribution in [0.15, 0.2) is 151 Å². The summed E-state index contributed by atoms with van der Waals surface area (Å²) in [6.07, 6.45) is 10.0. The first kappa shape index (κ1) is 26.4. The molecule has 6 aromatic rings. The second kappa shape index (κ2) is 10.8. The molecule has 2 aliphatic rings. The van der Waals surface area contributed by atoms with Crippen molar-refractivity contribution in [3.05, 3.63) is 185 Å². The van der Waals surface area contributed by atoms with E-state index in [2.05, 4.69) is 164 Å². The molecular formula is C42H34N2. The Bertz CT molecular complexity index is 2090. The average Bonchev–Trinajstić information content (AvgIpc) is 3.47. The zero-order chi connectivity index (χ0) is 29.6. The monoisotopic (exact) mass is 566 g/mol. The highest BCUT2D eigenvalue weighted by molar-refractivity contribution is 5.89. The Morgan fingerprint density at radius 1 is 0.705 bits per heavy atom. The Kier molecular flexibility index (Phi) is 6.49. The van der Waals surface area contributed by atoms with Crippen LogP contribution in [-0.4, -0.2) is 9.55 Å². The van der Waals surface area contributed by atoms with Gasteiger partial charge >= 0.3 is 0 Å². The van der Waals surface area contributed by atoms with Crippen LogP contribution in [0.1, 0.15) is 46.5 Å². The zero-order valence-electron chi connectivity index (χ0n) is 25.1. The van der Waals surface area contributed by atoms with Gasteiger partial charge < -0.3 is 0 Å². The Morgan fingerprint density at radius 2 is 1.43 bits per heavy atom. The minimum atomic E-state index is 0.230. The maximum Gasteiger partial charge on any atom is 0.114 e. The number of benzene rings is 5. The number of hydrogen-bond acceptors (Lipinski definition) is 1. The van der Waals surface area contributed by atoms with E-state index in [1.54, 1.807) is 0 Å². The predicted octanol–water partition coefficient (Wildman–Crippen LogP) is 10.3.